The average molecular weight is 238 g/mol. The molecule has 1 unspecified atom stereocenters. The Morgan fingerprint density at radius 3 is 2.44 bits per heavy atom. The number of hydrogen-bond acceptors (Lipinski definition) is 1. The van der Waals surface area contributed by atoms with Gasteiger partial charge >= 0.3 is 0 Å². The second kappa shape index (κ2) is 4.77. The van der Waals surface area contributed by atoms with Gasteiger partial charge in [-0.05, 0) is 43.9 Å². The minimum atomic E-state index is 0.397. The molecule has 1 saturated carbocycles. The predicted molar refractivity (Wildman–Crippen MR) is 70.1 cm³/mol. The van der Waals surface area contributed by atoms with Crippen LogP contribution in [0.4, 0.5) is 0 Å². The maximum Gasteiger partial charge on any atom is 0.0406 e. The van der Waals surface area contributed by atoms with Crippen molar-refractivity contribution >= 4 is 11.6 Å². The topological polar surface area (TPSA) is 12.0 Å². The zero-order valence-electron chi connectivity index (χ0n) is 10.1. The molecule has 0 bridgehead atoms. The Bertz CT molecular complexity index is 340. The van der Waals surface area contributed by atoms with E-state index in [4.69, 9.17) is 11.6 Å². The van der Waals surface area contributed by atoms with Crippen LogP contribution in [0.2, 0.25) is 5.02 Å². The predicted octanol–water partition coefficient (Wildman–Crippen LogP) is 3.76. The molecule has 1 aliphatic carbocycles. The first-order valence-corrected chi connectivity index (χ1v) is 6.53. The molecule has 16 heavy (non-hydrogen) atoms. The van der Waals surface area contributed by atoms with Crippen molar-refractivity contribution in [2.45, 2.75) is 44.6 Å². The van der Waals surface area contributed by atoms with Crippen molar-refractivity contribution in [1.29, 1.82) is 0 Å². The lowest BCUT2D eigenvalue weighted by Gasteiger charge is -2.19. The maximum absolute atomic E-state index is 5.92. The minimum Gasteiger partial charge on any atom is -0.313 e. The van der Waals surface area contributed by atoms with Crippen molar-refractivity contribution in [3.8, 4) is 0 Å². The molecule has 0 saturated heterocycles. The van der Waals surface area contributed by atoms with E-state index in [1.54, 1.807) is 0 Å². The Morgan fingerprint density at radius 1 is 1.31 bits per heavy atom. The Labute approximate surface area is 103 Å². The van der Waals surface area contributed by atoms with Gasteiger partial charge in [-0.1, -0.05) is 30.7 Å². The monoisotopic (exact) mass is 237 g/mol. The van der Waals surface area contributed by atoms with Crippen LogP contribution < -0.4 is 5.32 Å². The standard InChI is InChI=1S/C14H20ClN/c1-3-11(2)16-10-14(8-9-14)12-4-6-13(15)7-5-12/h4-7,11,16H,3,8-10H2,1-2H3. The molecule has 1 N–H and O–H groups in total. The molecule has 0 spiro atoms. The van der Waals surface area contributed by atoms with Crippen LogP contribution in [0.25, 0.3) is 0 Å². The average Bonchev–Trinajstić information content (AvgIpc) is 3.08. The van der Waals surface area contributed by atoms with Gasteiger partial charge in [-0.3, -0.25) is 0 Å². The van der Waals surface area contributed by atoms with E-state index in [-0.39, 0.29) is 0 Å². The van der Waals surface area contributed by atoms with E-state index >= 15 is 0 Å². The lowest BCUT2D eigenvalue weighted by atomic mass is 9.95. The third-order valence-corrected chi connectivity index (χ3v) is 3.96. The van der Waals surface area contributed by atoms with Crippen LogP contribution in [0.3, 0.4) is 0 Å². The summed E-state index contributed by atoms with van der Waals surface area (Å²) in [5.41, 5.74) is 1.83. The van der Waals surface area contributed by atoms with Gasteiger partial charge in [0.2, 0.25) is 0 Å². The van der Waals surface area contributed by atoms with Gasteiger partial charge in [0.05, 0.1) is 0 Å². The number of benzene rings is 1. The van der Waals surface area contributed by atoms with Crippen molar-refractivity contribution in [1.82, 2.24) is 5.32 Å². The van der Waals surface area contributed by atoms with E-state index in [0.29, 0.717) is 11.5 Å². The van der Waals surface area contributed by atoms with E-state index in [0.717, 1.165) is 11.6 Å². The second-order valence-electron chi connectivity index (χ2n) is 4.98. The molecule has 88 valence electrons. The normalized spacial score (nSPS) is 19.4. The van der Waals surface area contributed by atoms with Gasteiger partial charge in [0, 0.05) is 23.0 Å². The summed E-state index contributed by atoms with van der Waals surface area (Å²) < 4.78 is 0. The van der Waals surface area contributed by atoms with Crippen LogP contribution in [-0.4, -0.2) is 12.6 Å². The number of hydrogen-bond donors (Lipinski definition) is 1. The lowest BCUT2D eigenvalue weighted by molar-refractivity contribution is 0.487. The molecular weight excluding hydrogens is 218 g/mol. The molecule has 1 aromatic rings. The summed E-state index contributed by atoms with van der Waals surface area (Å²) in [6.07, 6.45) is 3.80. The second-order valence-corrected chi connectivity index (χ2v) is 5.41. The lowest BCUT2D eigenvalue weighted by Crippen LogP contribution is -2.33. The van der Waals surface area contributed by atoms with E-state index in [2.05, 4.69) is 31.3 Å². The molecule has 2 rings (SSSR count). The molecule has 1 fully saturated rings. The Kier molecular flexibility index (Phi) is 3.56. The highest BCUT2D eigenvalue weighted by molar-refractivity contribution is 6.30. The van der Waals surface area contributed by atoms with Gasteiger partial charge in [-0.15, -0.1) is 0 Å². The zero-order chi connectivity index (χ0) is 11.6. The van der Waals surface area contributed by atoms with Crippen LogP contribution in [0.1, 0.15) is 38.7 Å². The van der Waals surface area contributed by atoms with Gasteiger partial charge in [0.1, 0.15) is 0 Å². The highest BCUT2D eigenvalue weighted by Crippen LogP contribution is 2.47. The quantitative estimate of drug-likeness (QED) is 0.822. The highest BCUT2D eigenvalue weighted by Gasteiger charge is 2.43. The fraction of sp³-hybridized carbons (Fsp3) is 0.571. The fourth-order valence-electron chi connectivity index (χ4n) is 2.04. The molecule has 0 amide bonds. The van der Waals surface area contributed by atoms with Crippen molar-refractivity contribution < 1.29 is 0 Å². The molecule has 1 atom stereocenters. The SMILES string of the molecule is CCC(C)NCC1(c2ccc(Cl)cc2)CC1. The first kappa shape index (κ1) is 11.9. The first-order chi connectivity index (χ1) is 7.66. The Hall–Kier alpha value is -0.530. The summed E-state index contributed by atoms with van der Waals surface area (Å²) in [5, 5.41) is 4.44. The molecule has 1 nitrogen and oxygen atoms in total. The summed E-state index contributed by atoms with van der Waals surface area (Å²) in [6, 6.07) is 8.96. The van der Waals surface area contributed by atoms with Crippen LogP contribution in [-0.2, 0) is 5.41 Å². The summed E-state index contributed by atoms with van der Waals surface area (Å²) in [4.78, 5) is 0. The van der Waals surface area contributed by atoms with E-state index < -0.39 is 0 Å². The zero-order valence-corrected chi connectivity index (χ0v) is 10.8. The molecule has 0 heterocycles. The number of nitrogens with one attached hydrogen (secondary N) is 1. The van der Waals surface area contributed by atoms with Gasteiger partial charge in [-0.2, -0.15) is 0 Å². The van der Waals surface area contributed by atoms with E-state index in [9.17, 15) is 0 Å². The maximum atomic E-state index is 5.92. The highest BCUT2D eigenvalue weighted by atomic mass is 35.5. The van der Waals surface area contributed by atoms with Crippen LogP contribution in [0, 0.1) is 0 Å². The molecule has 0 radical (unpaired) electrons. The molecule has 1 aliphatic rings. The number of rotatable bonds is 5. The van der Waals surface area contributed by atoms with Gasteiger partial charge < -0.3 is 5.32 Å². The smallest absolute Gasteiger partial charge is 0.0406 e. The van der Waals surface area contributed by atoms with Crippen molar-refractivity contribution in [2.24, 2.45) is 0 Å². The fourth-order valence-corrected chi connectivity index (χ4v) is 2.16. The third kappa shape index (κ3) is 2.58. The molecule has 2 heteroatoms. The van der Waals surface area contributed by atoms with Gasteiger partial charge in [-0.25, -0.2) is 0 Å². The van der Waals surface area contributed by atoms with Crippen molar-refractivity contribution in [3.05, 3.63) is 34.9 Å². The summed E-state index contributed by atoms with van der Waals surface area (Å²) in [6.45, 7) is 5.57. The molecule has 0 aromatic heterocycles. The number of halogens is 1. The molecule has 0 aliphatic heterocycles. The Morgan fingerprint density at radius 2 is 1.94 bits per heavy atom. The van der Waals surface area contributed by atoms with Crippen LogP contribution >= 0.6 is 11.6 Å². The van der Waals surface area contributed by atoms with Gasteiger partial charge in [0.25, 0.3) is 0 Å². The van der Waals surface area contributed by atoms with Gasteiger partial charge in [0.15, 0.2) is 0 Å². The summed E-state index contributed by atoms with van der Waals surface area (Å²) in [5.74, 6) is 0. The summed E-state index contributed by atoms with van der Waals surface area (Å²) in [7, 11) is 0. The van der Waals surface area contributed by atoms with Crippen LogP contribution in [0.15, 0.2) is 24.3 Å². The third-order valence-electron chi connectivity index (χ3n) is 3.71. The summed E-state index contributed by atoms with van der Waals surface area (Å²) >= 11 is 5.92. The van der Waals surface area contributed by atoms with Crippen LogP contribution in [0.5, 0.6) is 0 Å². The van der Waals surface area contributed by atoms with E-state index in [1.165, 1.54) is 24.8 Å². The van der Waals surface area contributed by atoms with E-state index in [1.807, 2.05) is 12.1 Å². The van der Waals surface area contributed by atoms with Crippen molar-refractivity contribution in [2.75, 3.05) is 6.54 Å². The minimum absolute atomic E-state index is 0.397. The molecule has 1 aromatic carbocycles. The largest absolute Gasteiger partial charge is 0.313 e. The molecular formula is C14H20ClN. The first-order valence-electron chi connectivity index (χ1n) is 6.16. The van der Waals surface area contributed by atoms with Crippen molar-refractivity contribution in [3.63, 3.8) is 0 Å². The Balaban J connectivity index is 2.00.